The Balaban J connectivity index is 2.11. The van der Waals surface area contributed by atoms with Crippen molar-refractivity contribution >= 4 is 5.91 Å². The van der Waals surface area contributed by atoms with Crippen molar-refractivity contribution in [3.63, 3.8) is 0 Å². The minimum Gasteiger partial charge on any atom is -0.394 e. The fraction of sp³-hybridized carbons (Fsp3) is 0.957. The molecule has 1 aliphatic rings. The quantitative estimate of drug-likeness (QED) is 0.0261. The predicted octanol–water partition coefficient (Wildman–Crippen LogP) is 19.1. The van der Waals surface area contributed by atoms with Crippen LogP contribution >= 0.6 is 0 Å². The van der Waals surface area contributed by atoms with Crippen molar-refractivity contribution in [2.24, 2.45) is 0 Å². The van der Waals surface area contributed by atoms with Crippen LogP contribution in [0.5, 0.6) is 0 Å². The van der Waals surface area contributed by atoms with Crippen LogP contribution in [0, 0.1) is 0 Å². The van der Waals surface area contributed by atoms with Crippen LogP contribution in [0.1, 0.15) is 373 Å². The molecule has 0 aromatic carbocycles. The van der Waals surface area contributed by atoms with Gasteiger partial charge in [0.1, 0.15) is 24.4 Å². The van der Waals surface area contributed by atoms with Gasteiger partial charge in [0.2, 0.25) is 5.91 Å². The van der Waals surface area contributed by atoms with Gasteiger partial charge in [-0.1, -0.05) is 360 Å². The fourth-order valence-electron chi connectivity index (χ4n) is 11.8. The fourth-order valence-corrected chi connectivity index (χ4v) is 11.8. The number of hydrogen-bond acceptors (Lipinski definition) is 8. The number of carbonyl (C=O) groups excluding carboxylic acids is 1. The van der Waals surface area contributed by atoms with E-state index in [1.165, 1.54) is 315 Å². The monoisotopic (exact) mass is 1120 g/mol. The van der Waals surface area contributed by atoms with E-state index >= 15 is 0 Å². The molecule has 1 amide bonds. The predicted molar refractivity (Wildman–Crippen MR) is 337 cm³/mol. The zero-order valence-corrected chi connectivity index (χ0v) is 52.7. The Hall–Kier alpha value is -1.07. The first kappa shape index (κ1) is 75.9. The van der Waals surface area contributed by atoms with Gasteiger partial charge in [-0.3, -0.25) is 4.79 Å². The molecule has 0 aromatic heterocycles. The van der Waals surface area contributed by atoms with E-state index in [9.17, 15) is 30.3 Å². The Morgan fingerprint density at radius 3 is 0.987 bits per heavy atom. The number of aliphatic hydroxyl groups is 5. The number of hydrogen-bond donors (Lipinski definition) is 6. The van der Waals surface area contributed by atoms with E-state index in [4.69, 9.17) is 9.47 Å². The summed E-state index contributed by atoms with van der Waals surface area (Å²) in [4.78, 5) is 13.1. The van der Waals surface area contributed by atoms with Gasteiger partial charge >= 0.3 is 0 Å². The number of allylic oxidation sites excluding steroid dienone is 1. The number of unbranched alkanes of at least 4 members (excludes halogenated alkanes) is 53. The average molecular weight is 1120 g/mol. The molecule has 0 spiro atoms. The second kappa shape index (κ2) is 60.1. The first-order chi connectivity index (χ1) is 38.8. The maximum Gasteiger partial charge on any atom is 0.220 e. The maximum absolute atomic E-state index is 13.1. The molecule has 7 atom stereocenters. The molecule has 1 saturated heterocycles. The van der Waals surface area contributed by atoms with Gasteiger partial charge in [-0.05, 0) is 19.3 Å². The molecule has 1 rings (SSSR count). The van der Waals surface area contributed by atoms with Gasteiger partial charge in [-0.15, -0.1) is 0 Å². The molecule has 6 N–H and O–H groups in total. The molecule has 9 nitrogen and oxygen atoms in total. The number of nitrogens with one attached hydrogen (secondary N) is 1. The van der Waals surface area contributed by atoms with E-state index in [1.54, 1.807) is 6.08 Å². The summed E-state index contributed by atoms with van der Waals surface area (Å²) in [6, 6.07) is -0.802. The lowest BCUT2D eigenvalue weighted by atomic mass is 9.99. The lowest BCUT2D eigenvalue weighted by Crippen LogP contribution is -2.60. The minimum atomic E-state index is -1.56. The highest BCUT2D eigenvalue weighted by atomic mass is 16.7. The van der Waals surface area contributed by atoms with Crippen molar-refractivity contribution in [1.82, 2.24) is 5.32 Å². The van der Waals surface area contributed by atoms with Crippen molar-refractivity contribution in [1.29, 1.82) is 0 Å². The number of amides is 1. The summed E-state index contributed by atoms with van der Waals surface area (Å²) in [6.45, 7) is 3.85. The van der Waals surface area contributed by atoms with Crippen LogP contribution in [0.2, 0.25) is 0 Å². The molecule has 79 heavy (non-hydrogen) atoms. The van der Waals surface area contributed by atoms with Gasteiger partial charge in [0.15, 0.2) is 6.29 Å². The molecule has 1 heterocycles. The van der Waals surface area contributed by atoms with Crippen LogP contribution in [0.4, 0.5) is 0 Å². The molecule has 0 saturated carbocycles. The molecule has 7 unspecified atom stereocenters. The number of aliphatic hydroxyl groups excluding tert-OH is 5. The highest BCUT2D eigenvalue weighted by Gasteiger charge is 2.44. The first-order valence-electron chi connectivity index (χ1n) is 35.4. The average Bonchev–Trinajstić information content (AvgIpc) is 3.47. The Bertz CT molecular complexity index is 1250. The van der Waals surface area contributed by atoms with Crippen molar-refractivity contribution in [2.45, 2.75) is 416 Å². The standard InChI is InChI=1S/C70H137NO8/c1-3-5-7-9-11-13-15-17-19-21-23-25-27-29-31-32-33-34-36-38-40-42-44-46-48-50-52-54-56-58-60-66(74)71-63(62-78-70-69(77)68(76)67(75)65(61-72)79-70)64(73)59-57-55-53-51-49-47-45-43-41-39-37-35-30-28-26-24-22-20-18-16-14-12-10-8-6-4-2/h57,59,63-65,67-70,72-73,75-77H,3-56,58,60-62H2,1-2H3,(H,71,74)/b59-57+. The van der Waals surface area contributed by atoms with Gasteiger partial charge in [0, 0.05) is 6.42 Å². The second-order valence-electron chi connectivity index (χ2n) is 25.0. The van der Waals surface area contributed by atoms with E-state index in [-0.39, 0.29) is 12.5 Å². The van der Waals surface area contributed by atoms with Crippen LogP contribution in [-0.4, -0.2) is 87.5 Å². The zero-order chi connectivity index (χ0) is 57.2. The molecule has 0 aliphatic carbocycles. The lowest BCUT2D eigenvalue weighted by Gasteiger charge is -2.40. The summed E-state index contributed by atoms with van der Waals surface area (Å²) in [7, 11) is 0. The zero-order valence-electron chi connectivity index (χ0n) is 52.7. The van der Waals surface area contributed by atoms with Gasteiger partial charge in [-0.25, -0.2) is 0 Å². The van der Waals surface area contributed by atoms with Crippen LogP contribution in [0.3, 0.4) is 0 Å². The molecule has 1 fully saturated rings. The third-order valence-corrected chi connectivity index (χ3v) is 17.4. The molecular weight excluding hydrogens is 983 g/mol. The molecule has 0 bridgehead atoms. The summed E-state index contributed by atoms with van der Waals surface area (Å²) in [5.41, 5.74) is 0. The van der Waals surface area contributed by atoms with Crippen molar-refractivity contribution in [2.75, 3.05) is 13.2 Å². The van der Waals surface area contributed by atoms with Crippen molar-refractivity contribution in [3.8, 4) is 0 Å². The summed E-state index contributed by atoms with van der Waals surface area (Å²) in [5, 5.41) is 54.8. The Labute approximate surface area is 490 Å². The molecule has 470 valence electrons. The van der Waals surface area contributed by atoms with E-state index in [0.717, 1.165) is 38.5 Å². The molecular formula is C70H137NO8. The van der Waals surface area contributed by atoms with Crippen molar-refractivity contribution in [3.05, 3.63) is 12.2 Å². The third-order valence-electron chi connectivity index (χ3n) is 17.4. The summed E-state index contributed by atoms with van der Waals surface area (Å²) >= 11 is 0. The Kier molecular flexibility index (Phi) is 57.7. The van der Waals surface area contributed by atoms with Gasteiger partial charge in [0.05, 0.1) is 25.4 Å². The van der Waals surface area contributed by atoms with E-state index in [1.807, 2.05) is 6.08 Å². The van der Waals surface area contributed by atoms with Gasteiger partial charge < -0.3 is 40.3 Å². The number of ether oxygens (including phenoxy) is 2. The number of rotatable bonds is 63. The summed E-state index contributed by atoms with van der Waals surface area (Å²) in [6.07, 6.45) is 70.4. The summed E-state index contributed by atoms with van der Waals surface area (Å²) < 4.78 is 11.3. The van der Waals surface area contributed by atoms with Gasteiger partial charge in [-0.2, -0.15) is 0 Å². The maximum atomic E-state index is 13.1. The van der Waals surface area contributed by atoms with E-state index in [2.05, 4.69) is 19.2 Å². The molecule has 1 aliphatic heterocycles. The van der Waals surface area contributed by atoms with Crippen LogP contribution < -0.4 is 5.32 Å². The Morgan fingerprint density at radius 2 is 0.696 bits per heavy atom. The van der Waals surface area contributed by atoms with E-state index in [0.29, 0.717) is 6.42 Å². The minimum absolute atomic E-state index is 0.167. The van der Waals surface area contributed by atoms with E-state index < -0.39 is 49.5 Å². The summed E-state index contributed by atoms with van der Waals surface area (Å²) in [5.74, 6) is -0.167. The molecule has 0 radical (unpaired) electrons. The Morgan fingerprint density at radius 1 is 0.418 bits per heavy atom. The van der Waals surface area contributed by atoms with Gasteiger partial charge in [0.25, 0.3) is 0 Å². The smallest absolute Gasteiger partial charge is 0.220 e. The van der Waals surface area contributed by atoms with Crippen molar-refractivity contribution < 1.29 is 39.8 Å². The largest absolute Gasteiger partial charge is 0.394 e. The molecule has 9 heteroatoms. The highest BCUT2D eigenvalue weighted by Crippen LogP contribution is 2.24. The normalized spacial score (nSPS) is 18.5. The number of carbonyl (C=O) groups is 1. The first-order valence-corrected chi connectivity index (χ1v) is 35.4. The van der Waals surface area contributed by atoms with Crippen LogP contribution in [0.25, 0.3) is 0 Å². The van der Waals surface area contributed by atoms with Crippen LogP contribution in [0.15, 0.2) is 12.2 Å². The topological polar surface area (TPSA) is 149 Å². The third kappa shape index (κ3) is 49.0. The SMILES string of the molecule is CCCCCCCCCCCCCCCCCCCCCCCCCC/C=C/C(O)C(COC1OC(CO)C(O)C(O)C1O)NC(=O)CCCCCCCCCCCCCCCCCCCCCCCCCCCCCCCC. The van der Waals surface area contributed by atoms with Crippen LogP contribution in [-0.2, 0) is 14.3 Å². The lowest BCUT2D eigenvalue weighted by molar-refractivity contribution is -0.302. The second-order valence-corrected chi connectivity index (χ2v) is 25.0. The highest BCUT2D eigenvalue weighted by molar-refractivity contribution is 5.76. The molecule has 0 aromatic rings.